The van der Waals surface area contributed by atoms with Gasteiger partial charge in [0.1, 0.15) is 13.0 Å². The second-order valence-electron chi connectivity index (χ2n) is 7.97. The van der Waals surface area contributed by atoms with Crippen LogP contribution in [-0.4, -0.2) is 40.6 Å². The van der Waals surface area contributed by atoms with E-state index >= 15 is 0 Å². The Balaban J connectivity index is 1.40. The van der Waals surface area contributed by atoms with E-state index in [1.165, 1.54) is 24.4 Å². The summed E-state index contributed by atoms with van der Waals surface area (Å²) in [7, 11) is -2.96. The van der Waals surface area contributed by atoms with E-state index < -0.39 is 18.8 Å². The number of rotatable bonds is 4. The molecule has 2 aromatic carbocycles. The number of fused-ring (bicyclic) bond motifs is 1. The van der Waals surface area contributed by atoms with E-state index in [2.05, 4.69) is 15.2 Å². The lowest BCUT2D eigenvalue weighted by atomic mass is 10.0. The van der Waals surface area contributed by atoms with Crippen molar-refractivity contribution in [1.29, 1.82) is 0 Å². The third-order valence-corrected chi connectivity index (χ3v) is 9.03. The van der Waals surface area contributed by atoms with Crippen molar-refractivity contribution in [2.24, 2.45) is 0 Å². The van der Waals surface area contributed by atoms with Crippen molar-refractivity contribution in [1.82, 2.24) is 15.2 Å². The van der Waals surface area contributed by atoms with Crippen LogP contribution in [0.2, 0.25) is 0 Å². The summed E-state index contributed by atoms with van der Waals surface area (Å²) in [4.78, 5) is 5.88. The molecule has 5 nitrogen and oxygen atoms in total. The second-order valence-corrected chi connectivity index (χ2v) is 11.1. The highest BCUT2D eigenvalue weighted by Crippen LogP contribution is 2.47. The number of hydrogen-bond acceptors (Lipinski definition) is 5. The number of nitrogens with zero attached hydrogens (tertiary/aromatic N) is 4. The predicted octanol–water partition coefficient (Wildman–Crippen LogP) is 4.40. The van der Waals surface area contributed by atoms with Crippen molar-refractivity contribution in [3.05, 3.63) is 89.9 Å². The minimum Gasteiger partial charge on any atom is -0.353 e. The first kappa shape index (κ1) is 20.7. The standard InChI is InChI=1S/C24H21F2N4OP/c25-20-8-7-17(14-22-19-5-2-1-4-18(19)16-28-29-22)15-23(20)32(31)12-10-30(11-13-32)24-21(26)6-3-9-27-24/h1-9,15-16H,10-14H2. The Morgan fingerprint density at radius 2 is 1.78 bits per heavy atom. The highest BCUT2D eigenvalue weighted by atomic mass is 31.2. The molecule has 1 aliphatic heterocycles. The number of pyridine rings is 1. The fourth-order valence-electron chi connectivity index (χ4n) is 4.24. The van der Waals surface area contributed by atoms with Gasteiger partial charge in [0.2, 0.25) is 0 Å². The second kappa shape index (κ2) is 8.40. The fraction of sp³-hybridized carbons (Fsp3) is 0.208. The molecule has 1 saturated heterocycles. The van der Waals surface area contributed by atoms with E-state index in [9.17, 15) is 13.3 Å². The Kier molecular flexibility index (Phi) is 5.43. The highest BCUT2D eigenvalue weighted by Gasteiger charge is 2.34. The highest BCUT2D eigenvalue weighted by molar-refractivity contribution is 7.71. The minimum atomic E-state index is -2.96. The van der Waals surface area contributed by atoms with Crippen molar-refractivity contribution in [3.8, 4) is 0 Å². The lowest BCUT2D eigenvalue weighted by molar-refractivity contribution is 0.567. The first-order chi connectivity index (χ1) is 15.5. The van der Waals surface area contributed by atoms with E-state index in [1.807, 2.05) is 24.3 Å². The molecule has 2 aromatic heterocycles. The Morgan fingerprint density at radius 1 is 0.969 bits per heavy atom. The Labute approximate surface area is 184 Å². The molecule has 1 fully saturated rings. The van der Waals surface area contributed by atoms with E-state index in [1.54, 1.807) is 23.2 Å². The number of halogens is 2. The van der Waals surface area contributed by atoms with Gasteiger partial charge >= 0.3 is 0 Å². The number of hydrogen-bond donors (Lipinski definition) is 0. The molecule has 0 spiro atoms. The zero-order chi connectivity index (χ0) is 22.1. The van der Waals surface area contributed by atoms with Gasteiger partial charge in [-0.15, -0.1) is 0 Å². The normalized spacial score (nSPS) is 15.8. The van der Waals surface area contributed by atoms with Gasteiger partial charge in [-0.25, -0.2) is 13.8 Å². The average molecular weight is 450 g/mol. The van der Waals surface area contributed by atoms with Gasteiger partial charge in [-0.3, -0.25) is 0 Å². The van der Waals surface area contributed by atoms with Crippen LogP contribution in [0.25, 0.3) is 10.8 Å². The van der Waals surface area contributed by atoms with Gasteiger partial charge in [-0.1, -0.05) is 30.3 Å². The smallest absolute Gasteiger partial charge is 0.165 e. The first-order valence-electron chi connectivity index (χ1n) is 10.5. The zero-order valence-electron chi connectivity index (χ0n) is 17.3. The molecular weight excluding hydrogens is 429 g/mol. The molecule has 0 N–H and O–H groups in total. The lowest BCUT2D eigenvalue weighted by Crippen LogP contribution is -2.38. The van der Waals surface area contributed by atoms with Gasteiger partial charge in [0, 0.05) is 54.1 Å². The molecule has 8 heteroatoms. The third kappa shape index (κ3) is 3.89. The van der Waals surface area contributed by atoms with Crippen LogP contribution in [0.3, 0.4) is 0 Å². The molecule has 0 aliphatic carbocycles. The molecule has 0 atom stereocenters. The van der Waals surface area contributed by atoms with Crippen molar-refractivity contribution in [2.45, 2.75) is 6.42 Å². The summed E-state index contributed by atoms with van der Waals surface area (Å²) in [6.45, 7) is 0.730. The van der Waals surface area contributed by atoms with Crippen molar-refractivity contribution in [2.75, 3.05) is 30.3 Å². The summed E-state index contributed by atoms with van der Waals surface area (Å²) in [6.07, 6.45) is 4.26. The van der Waals surface area contributed by atoms with Crippen LogP contribution in [0.4, 0.5) is 14.6 Å². The summed E-state index contributed by atoms with van der Waals surface area (Å²) in [5.74, 6) is -0.616. The molecule has 4 aromatic rings. The summed E-state index contributed by atoms with van der Waals surface area (Å²) < 4.78 is 42.6. The Hall–Kier alpha value is -3.18. The molecule has 0 unspecified atom stereocenters. The Bertz CT molecular complexity index is 1330. The molecule has 0 amide bonds. The lowest BCUT2D eigenvalue weighted by Gasteiger charge is -2.33. The van der Waals surface area contributed by atoms with Gasteiger partial charge in [-0.05, 0) is 29.8 Å². The molecule has 5 rings (SSSR count). The molecule has 162 valence electrons. The van der Waals surface area contributed by atoms with Crippen LogP contribution < -0.4 is 10.2 Å². The number of anilines is 1. The van der Waals surface area contributed by atoms with Crippen LogP contribution in [0.15, 0.2) is 67.0 Å². The predicted molar refractivity (Wildman–Crippen MR) is 122 cm³/mol. The Morgan fingerprint density at radius 3 is 2.59 bits per heavy atom. The first-order valence-corrected chi connectivity index (χ1v) is 12.5. The van der Waals surface area contributed by atoms with Gasteiger partial charge in [0.15, 0.2) is 11.6 Å². The maximum Gasteiger partial charge on any atom is 0.165 e. The summed E-state index contributed by atoms with van der Waals surface area (Å²) in [5, 5.41) is 10.6. The monoisotopic (exact) mass is 450 g/mol. The van der Waals surface area contributed by atoms with E-state index in [0.717, 1.165) is 22.0 Å². The molecule has 1 aliphatic rings. The maximum absolute atomic E-state index is 14.8. The summed E-state index contributed by atoms with van der Waals surface area (Å²) >= 11 is 0. The summed E-state index contributed by atoms with van der Waals surface area (Å²) in [6, 6.07) is 15.5. The summed E-state index contributed by atoms with van der Waals surface area (Å²) in [5.41, 5.74) is 1.62. The molecule has 0 saturated carbocycles. The van der Waals surface area contributed by atoms with Crippen LogP contribution in [-0.2, 0) is 11.0 Å². The van der Waals surface area contributed by atoms with Crippen molar-refractivity contribution in [3.63, 3.8) is 0 Å². The van der Waals surface area contributed by atoms with Crippen molar-refractivity contribution < 1.29 is 13.3 Å². The quantitative estimate of drug-likeness (QED) is 0.432. The third-order valence-electron chi connectivity index (χ3n) is 5.97. The zero-order valence-corrected chi connectivity index (χ0v) is 18.2. The average Bonchev–Trinajstić information content (AvgIpc) is 2.81. The van der Waals surface area contributed by atoms with Gasteiger partial charge in [-0.2, -0.15) is 10.2 Å². The van der Waals surface area contributed by atoms with Crippen molar-refractivity contribution >= 4 is 29.0 Å². The molecular formula is C24H21F2N4OP. The number of benzene rings is 2. The number of aromatic nitrogens is 3. The molecule has 32 heavy (non-hydrogen) atoms. The van der Waals surface area contributed by atoms with E-state index in [4.69, 9.17) is 0 Å². The largest absolute Gasteiger partial charge is 0.353 e. The molecule has 0 bridgehead atoms. The van der Waals surface area contributed by atoms with Gasteiger partial charge < -0.3 is 9.46 Å². The fourth-order valence-corrected chi connectivity index (χ4v) is 6.94. The van der Waals surface area contributed by atoms with Gasteiger partial charge in [0.05, 0.1) is 11.9 Å². The van der Waals surface area contributed by atoms with Crippen LogP contribution in [0.1, 0.15) is 11.3 Å². The van der Waals surface area contributed by atoms with E-state index in [-0.39, 0.29) is 23.4 Å². The molecule has 0 radical (unpaired) electrons. The van der Waals surface area contributed by atoms with E-state index in [0.29, 0.717) is 19.5 Å². The van der Waals surface area contributed by atoms with Gasteiger partial charge in [0.25, 0.3) is 0 Å². The van der Waals surface area contributed by atoms with Crippen LogP contribution in [0.5, 0.6) is 0 Å². The van der Waals surface area contributed by atoms with Crippen LogP contribution >= 0.6 is 7.14 Å². The minimum absolute atomic E-state index is 0.252. The maximum atomic E-state index is 14.8. The van der Waals surface area contributed by atoms with Crippen LogP contribution in [0, 0.1) is 11.6 Å². The topological polar surface area (TPSA) is 59.0 Å². The molecule has 3 heterocycles. The SMILES string of the molecule is O=P1(c2cc(Cc3nncc4ccccc34)ccc2F)CCN(c2ncccc2F)CC1.